The van der Waals surface area contributed by atoms with Gasteiger partial charge in [0.25, 0.3) is 0 Å². The summed E-state index contributed by atoms with van der Waals surface area (Å²) in [6.45, 7) is 1.99. The molecule has 2 rings (SSSR count). The topological polar surface area (TPSA) is 29.3 Å². The van der Waals surface area contributed by atoms with Crippen LogP contribution >= 0.6 is 0 Å². The SMILES string of the molecule is Nc1ccc(CCCN2CCC(C(F)(F)F)CC2)cc1. The second-order valence-corrected chi connectivity index (χ2v) is 5.50. The van der Waals surface area contributed by atoms with E-state index in [1.165, 1.54) is 5.56 Å². The smallest absolute Gasteiger partial charge is 0.391 e. The van der Waals surface area contributed by atoms with Crippen LogP contribution in [0.4, 0.5) is 18.9 Å². The standard InChI is InChI=1S/C15H21F3N2/c16-15(17,18)13-7-10-20(11-8-13)9-1-2-12-3-5-14(19)6-4-12/h3-6,13H,1-2,7-11,19H2. The summed E-state index contributed by atoms with van der Waals surface area (Å²) in [6, 6.07) is 7.77. The highest BCUT2D eigenvalue weighted by Crippen LogP contribution is 2.34. The number of anilines is 1. The number of nitrogens with two attached hydrogens (primary N) is 1. The number of nitrogens with zero attached hydrogens (tertiary/aromatic N) is 1. The van der Waals surface area contributed by atoms with Gasteiger partial charge < -0.3 is 10.6 Å². The molecule has 1 aliphatic heterocycles. The third-order valence-electron chi connectivity index (χ3n) is 3.97. The fraction of sp³-hybridized carbons (Fsp3) is 0.600. The van der Waals surface area contributed by atoms with E-state index in [9.17, 15) is 13.2 Å². The second-order valence-electron chi connectivity index (χ2n) is 5.50. The van der Waals surface area contributed by atoms with Crippen LogP contribution in [0.1, 0.15) is 24.8 Å². The van der Waals surface area contributed by atoms with Gasteiger partial charge in [0, 0.05) is 5.69 Å². The van der Waals surface area contributed by atoms with Crippen LogP contribution in [0.25, 0.3) is 0 Å². The largest absolute Gasteiger partial charge is 0.399 e. The van der Waals surface area contributed by atoms with E-state index in [1.807, 2.05) is 24.3 Å². The van der Waals surface area contributed by atoms with Crippen molar-refractivity contribution in [2.45, 2.75) is 31.9 Å². The van der Waals surface area contributed by atoms with Crippen LogP contribution in [-0.2, 0) is 6.42 Å². The summed E-state index contributed by atoms with van der Waals surface area (Å²) >= 11 is 0. The van der Waals surface area contributed by atoms with Gasteiger partial charge in [-0.15, -0.1) is 0 Å². The average Bonchev–Trinajstić information content (AvgIpc) is 2.41. The van der Waals surface area contributed by atoms with Gasteiger partial charge in [0.15, 0.2) is 0 Å². The number of nitrogen functional groups attached to an aromatic ring is 1. The van der Waals surface area contributed by atoms with Crippen molar-refractivity contribution >= 4 is 5.69 Å². The third-order valence-corrected chi connectivity index (χ3v) is 3.97. The molecule has 20 heavy (non-hydrogen) atoms. The molecule has 1 saturated heterocycles. The fourth-order valence-electron chi connectivity index (χ4n) is 2.67. The second kappa shape index (κ2) is 6.48. The van der Waals surface area contributed by atoms with E-state index in [-0.39, 0.29) is 12.8 Å². The Morgan fingerprint density at radius 2 is 1.70 bits per heavy atom. The highest BCUT2D eigenvalue weighted by molar-refractivity contribution is 5.39. The summed E-state index contributed by atoms with van der Waals surface area (Å²) in [5.41, 5.74) is 7.60. The molecule has 1 fully saturated rings. The van der Waals surface area contributed by atoms with Gasteiger partial charge in [-0.1, -0.05) is 12.1 Å². The fourth-order valence-corrected chi connectivity index (χ4v) is 2.67. The van der Waals surface area contributed by atoms with Crippen LogP contribution < -0.4 is 5.73 Å². The number of alkyl halides is 3. The molecule has 0 amide bonds. The zero-order valence-corrected chi connectivity index (χ0v) is 11.5. The van der Waals surface area contributed by atoms with Crippen LogP contribution in [0.3, 0.4) is 0 Å². The molecule has 0 atom stereocenters. The lowest BCUT2D eigenvalue weighted by Gasteiger charge is -2.32. The van der Waals surface area contributed by atoms with Crippen LogP contribution in [0.5, 0.6) is 0 Å². The molecular weight excluding hydrogens is 265 g/mol. The van der Waals surface area contributed by atoms with Crippen LogP contribution in [0.2, 0.25) is 0 Å². The molecule has 1 heterocycles. The van der Waals surface area contributed by atoms with E-state index in [0.717, 1.165) is 25.1 Å². The Bertz CT molecular complexity index is 406. The van der Waals surface area contributed by atoms with Gasteiger partial charge in [0.2, 0.25) is 0 Å². The predicted octanol–water partition coefficient (Wildman–Crippen LogP) is 3.48. The van der Waals surface area contributed by atoms with Gasteiger partial charge in [0.1, 0.15) is 0 Å². The lowest BCUT2D eigenvalue weighted by atomic mass is 9.96. The first kappa shape index (κ1) is 15.2. The molecule has 1 aromatic carbocycles. The van der Waals surface area contributed by atoms with Gasteiger partial charge in [-0.05, 0) is 63.0 Å². The molecule has 0 bridgehead atoms. The van der Waals surface area contributed by atoms with E-state index in [2.05, 4.69) is 4.90 Å². The van der Waals surface area contributed by atoms with Gasteiger partial charge in [-0.2, -0.15) is 13.2 Å². The minimum Gasteiger partial charge on any atom is -0.399 e. The minimum atomic E-state index is -4.02. The Kier molecular flexibility index (Phi) is 4.91. The lowest BCUT2D eigenvalue weighted by Crippen LogP contribution is -2.39. The molecule has 2 N–H and O–H groups in total. The zero-order chi connectivity index (χ0) is 14.6. The molecule has 0 unspecified atom stereocenters. The third kappa shape index (κ3) is 4.40. The molecule has 0 radical (unpaired) electrons. The van der Waals surface area contributed by atoms with E-state index in [0.29, 0.717) is 13.1 Å². The quantitative estimate of drug-likeness (QED) is 0.859. The maximum absolute atomic E-state index is 12.5. The summed E-state index contributed by atoms with van der Waals surface area (Å²) in [5, 5.41) is 0. The van der Waals surface area contributed by atoms with Gasteiger partial charge in [-0.25, -0.2) is 0 Å². The van der Waals surface area contributed by atoms with E-state index < -0.39 is 12.1 Å². The zero-order valence-electron chi connectivity index (χ0n) is 11.5. The number of benzene rings is 1. The van der Waals surface area contributed by atoms with Gasteiger partial charge in [-0.3, -0.25) is 0 Å². The number of hydrogen-bond donors (Lipinski definition) is 1. The number of aryl methyl sites for hydroxylation is 1. The van der Waals surface area contributed by atoms with E-state index in [1.54, 1.807) is 0 Å². The average molecular weight is 286 g/mol. The summed E-state index contributed by atoms with van der Waals surface area (Å²) in [5.74, 6) is -1.10. The number of piperidine rings is 1. The normalized spacial score (nSPS) is 18.4. The van der Waals surface area contributed by atoms with Crippen molar-refractivity contribution in [3.8, 4) is 0 Å². The summed E-state index contributed by atoms with van der Waals surface area (Å²) in [6.07, 6.45) is -1.62. The Hall–Kier alpha value is -1.23. The molecular formula is C15H21F3N2. The van der Waals surface area contributed by atoms with E-state index >= 15 is 0 Å². The number of rotatable bonds is 4. The number of halogens is 3. The van der Waals surface area contributed by atoms with Crippen molar-refractivity contribution in [2.75, 3.05) is 25.4 Å². The van der Waals surface area contributed by atoms with Crippen molar-refractivity contribution in [1.29, 1.82) is 0 Å². The van der Waals surface area contributed by atoms with Gasteiger partial charge >= 0.3 is 6.18 Å². The van der Waals surface area contributed by atoms with Crippen molar-refractivity contribution in [1.82, 2.24) is 4.90 Å². The molecule has 0 spiro atoms. The Morgan fingerprint density at radius 3 is 2.25 bits per heavy atom. The van der Waals surface area contributed by atoms with Crippen LogP contribution in [0.15, 0.2) is 24.3 Å². The number of hydrogen-bond acceptors (Lipinski definition) is 2. The minimum absolute atomic E-state index is 0.241. The molecule has 1 aromatic rings. The van der Waals surface area contributed by atoms with Crippen LogP contribution in [-0.4, -0.2) is 30.7 Å². The monoisotopic (exact) mass is 286 g/mol. The maximum Gasteiger partial charge on any atom is 0.391 e. The first-order valence-corrected chi connectivity index (χ1v) is 7.08. The van der Waals surface area contributed by atoms with Crippen LogP contribution in [0, 0.1) is 5.92 Å². The lowest BCUT2D eigenvalue weighted by molar-refractivity contribution is -0.185. The van der Waals surface area contributed by atoms with E-state index in [4.69, 9.17) is 5.73 Å². The first-order valence-electron chi connectivity index (χ1n) is 7.08. The molecule has 0 saturated carbocycles. The summed E-state index contributed by atoms with van der Waals surface area (Å²) in [4.78, 5) is 2.14. The van der Waals surface area contributed by atoms with Gasteiger partial charge in [0.05, 0.1) is 5.92 Å². The Labute approximate surface area is 117 Å². The first-order chi connectivity index (χ1) is 9.45. The molecule has 2 nitrogen and oxygen atoms in total. The van der Waals surface area contributed by atoms with Crippen molar-refractivity contribution < 1.29 is 13.2 Å². The Balaban J connectivity index is 1.67. The molecule has 0 aromatic heterocycles. The van der Waals surface area contributed by atoms with Crippen molar-refractivity contribution in [2.24, 2.45) is 5.92 Å². The Morgan fingerprint density at radius 1 is 1.10 bits per heavy atom. The predicted molar refractivity (Wildman–Crippen MR) is 74.4 cm³/mol. The highest BCUT2D eigenvalue weighted by Gasteiger charge is 2.40. The summed E-state index contributed by atoms with van der Waals surface area (Å²) < 4.78 is 37.6. The molecule has 0 aliphatic carbocycles. The van der Waals surface area contributed by atoms with Crippen molar-refractivity contribution in [3.63, 3.8) is 0 Å². The molecule has 5 heteroatoms. The number of likely N-dealkylation sites (tertiary alicyclic amines) is 1. The molecule has 112 valence electrons. The summed E-state index contributed by atoms with van der Waals surface area (Å²) in [7, 11) is 0. The molecule has 1 aliphatic rings. The maximum atomic E-state index is 12.5. The van der Waals surface area contributed by atoms with Crippen molar-refractivity contribution in [3.05, 3.63) is 29.8 Å². The highest BCUT2D eigenvalue weighted by atomic mass is 19.4.